The van der Waals surface area contributed by atoms with Crippen LogP contribution < -0.4 is 5.32 Å². The molecule has 6 heteroatoms. The quantitative estimate of drug-likeness (QED) is 0.636. The number of esters is 1. The molecule has 1 unspecified atom stereocenters. The van der Waals surface area contributed by atoms with Gasteiger partial charge in [0.05, 0.1) is 16.5 Å². The molecule has 1 amide bonds. The van der Waals surface area contributed by atoms with Crippen LogP contribution in [0.25, 0.3) is 0 Å². The van der Waals surface area contributed by atoms with Crippen molar-refractivity contribution in [3.63, 3.8) is 0 Å². The summed E-state index contributed by atoms with van der Waals surface area (Å²) in [5, 5.41) is 2.61. The first kappa shape index (κ1) is 19.2. The monoisotopic (exact) mass is 383 g/mol. The van der Waals surface area contributed by atoms with E-state index in [0.717, 1.165) is 21.6 Å². The first-order valence-corrected chi connectivity index (χ1v) is 9.54. The summed E-state index contributed by atoms with van der Waals surface area (Å²) in [7, 11) is 0. The molecule has 1 atom stereocenters. The fourth-order valence-electron chi connectivity index (χ4n) is 2.89. The Balaban J connectivity index is 1.70. The largest absolute Gasteiger partial charge is 0.454 e. The molecule has 0 aliphatic carbocycles. The molecule has 27 heavy (non-hydrogen) atoms. The van der Waals surface area contributed by atoms with Gasteiger partial charge >= 0.3 is 5.97 Å². The van der Waals surface area contributed by atoms with Crippen LogP contribution in [0.3, 0.4) is 0 Å². The lowest BCUT2D eigenvalue weighted by Gasteiger charge is -2.21. The van der Waals surface area contributed by atoms with Crippen LogP contribution in [0.15, 0.2) is 35.2 Å². The molecular weight excluding hydrogens is 362 g/mol. The van der Waals surface area contributed by atoms with Crippen LogP contribution in [0.5, 0.6) is 0 Å². The zero-order chi connectivity index (χ0) is 19.7. The number of aryl methyl sites for hydroxylation is 3. The second-order valence-corrected chi connectivity index (χ2v) is 8.09. The van der Waals surface area contributed by atoms with Gasteiger partial charge < -0.3 is 10.1 Å². The third kappa shape index (κ3) is 4.06. The van der Waals surface area contributed by atoms with E-state index >= 15 is 0 Å². The maximum Gasteiger partial charge on any atom is 0.338 e. The van der Waals surface area contributed by atoms with Gasteiger partial charge in [0, 0.05) is 10.5 Å². The van der Waals surface area contributed by atoms with Gasteiger partial charge in [0.15, 0.2) is 6.61 Å². The van der Waals surface area contributed by atoms with Crippen LogP contribution in [-0.2, 0) is 9.53 Å². The van der Waals surface area contributed by atoms with Crippen LogP contribution >= 0.6 is 11.8 Å². The standard InChI is InChI=1S/C21H21NO4S/c1-11-7-13(3)16(8-12(11)2)18(23)10-26-21(25)15-5-6-19-17(9-15)22-20(24)14(4)27-19/h5-9,14H,10H2,1-4H3,(H,22,24). The van der Waals surface area contributed by atoms with E-state index in [2.05, 4.69) is 5.32 Å². The first-order chi connectivity index (χ1) is 12.8. The number of ketones is 1. The molecule has 3 rings (SSSR count). The summed E-state index contributed by atoms with van der Waals surface area (Å²) in [5.41, 5.74) is 4.45. The fraction of sp³-hybridized carbons (Fsp3) is 0.286. The highest BCUT2D eigenvalue weighted by Gasteiger charge is 2.24. The Morgan fingerprint density at radius 2 is 1.78 bits per heavy atom. The smallest absolute Gasteiger partial charge is 0.338 e. The number of thioether (sulfide) groups is 1. The lowest BCUT2D eigenvalue weighted by Crippen LogP contribution is -2.26. The normalized spacial score (nSPS) is 15.7. The van der Waals surface area contributed by atoms with Crippen LogP contribution in [-0.4, -0.2) is 29.5 Å². The van der Waals surface area contributed by atoms with Gasteiger partial charge in [-0.15, -0.1) is 11.8 Å². The highest BCUT2D eigenvalue weighted by Crippen LogP contribution is 2.36. The van der Waals surface area contributed by atoms with Gasteiger partial charge in [-0.25, -0.2) is 4.79 Å². The molecule has 2 aromatic rings. The maximum atomic E-state index is 12.4. The number of carbonyl (C=O) groups excluding carboxylic acids is 3. The van der Waals surface area contributed by atoms with Gasteiger partial charge in [-0.05, 0) is 68.7 Å². The summed E-state index contributed by atoms with van der Waals surface area (Å²) in [6.45, 7) is 7.30. The number of Topliss-reactive ketones (excluding diaryl/α,β-unsaturated/α-hetero) is 1. The highest BCUT2D eigenvalue weighted by atomic mass is 32.2. The molecule has 0 spiro atoms. The molecule has 2 aromatic carbocycles. The first-order valence-electron chi connectivity index (χ1n) is 8.66. The third-order valence-electron chi connectivity index (χ3n) is 4.62. The number of ether oxygens (including phenoxy) is 1. The van der Waals surface area contributed by atoms with Crippen LogP contribution in [0.4, 0.5) is 5.69 Å². The molecule has 0 aromatic heterocycles. The second kappa shape index (κ2) is 7.56. The molecule has 0 fully saturated rings. The van der Waals surface area contributed by atoms with E-state index in [1.165, 1.54) is 11.8 Å². The van der Waals surface area contributed by atoms with E-state index in [1.54, 1.807) is 18.2 Å². The predicted molar refractivity (Wildman–Crippen MR) is 106 cm³/mol. The lowest BCUT2D eigenvalue weighted by atomic mass is 9.98. The Morgan fingerprint density at radius 1 is 1.07 bits per heavy atom. The number of rotatable bonds is 4. The van der Waals surface area contributed by atoms with Crippen molar-refractivity contribution in [3.8, 4) is 0 Å². The van der Waals surface area contributed by atoms with E-state index < -0.39 is 5.97 Å². The van der Waals surface area contributed by atoms with E-state index in [-0.39, 0.29) is 23.5 Å². The number of hydrogen-bond acceptors (Lipinski definition) is 5. The molecule has 1 heterocycles. The Kier molecular flexibility index (Phi) is 5.37. The van der Waals surface area contributed by atoms with Crippen LogP contribution in [0.1, 0.15) is 44.3 Å². The van der Waals surface area contributed by atoms with Crippen LogP contribution in [0.2, 0.25) is 0 Å². The van der Waals surface area contributed by atoms with Gasteiger partial charge in [-0.2, -0.15) is 0 Å². The zero-order valence-electron chi connectivity index (χ0n) is 15.7. The summed E-state index contributed by atoms with van der Waals surface area (Å²) >= 11 is 1.44. The molecule has 1 N–H and O–H groups in total. The molecular formula is C21H21NO4S. The Hall–Kier alpha value is -2.60. The van der Waals surface area contributed by atoms with E-state index in [1.807, 2.05) is 39.8 Å². The van der Waals surface area contributed by atoms with Crippen molar-refractivity contribution < 1.29 is 19.1 Å². The number of fused-ring (bicyclic) bond motifs is 1. The minimum Gasteiger partial charge on any atom is -0.454 e. The topological polar surface area (TPSA) is 72.5 Å². The van der Waals surface area contributed by atoms with Crippen LogP contribution in [0, 0.1) is 20.8 Å². The summed E-state index contributed by atoms with van der Waals surface area (Å²) in [6, 6.07) is 8.79. The minimum atomic E-state index is -0.592. The molecule has 5 nitrogen and oxygen atoms in total. The SMILES string of the molecule is Cc1cc(C)c(C(=O)COC(=O)c2ccc3c(c2)NC(=O)C(C)S3)cc1C. The third-order valence-corrected chi connectivity index (χ3v) is 5.80. The molecule has 1 aliphatic heterocycles. The molecule has 0 saturated carbocycles. The van der Waals surface area contributed by atoms with Crippen molar-refractivity contribution in [1.29, 1.82) is 0 Å². The Labute approximate surface area is 162 Å². The molecule has 0 radical (unpaired) electrons. The van der Waals surface area contributed by atoms with Gasteiger partial charge in [0.25, 0.3) is 0 Å². The fourth-order valence-corrected chi connectivity index (χ4v) is 3.82. The van der Waals surface area contributed by atoms with Crippen molar-refractivity contribution in [1.82, 2.24) is 0 Å². The van der Waals surface area contributed by atoms with Crippen molar-refractivity contribution in [2.75, 3.05) is 11.9 Å². The number of anilines is 1. The van der Waals surface area contributed by atoms with E-state index in [4.69, 9.17) is 4.74 Å². The summed E-state index contributed by atoms with van der Waals surface area (Å²) < 4.78 is 5.20. The van der Waals surface area contributed by atoms with Gasteiger partial charge in [0.2, 0.25) is 11.7 Å². The summed E-state index contributed by atoms with van der Waals surface area (Å²) in [4.78, 5) is 37.5. The minimum absolute atomic E-state index is 0.0987. The number of carbonyl (C=O) groups is 3. The van der Waals surface area contributed by atoms with Gasteiger partial charge in [-0.3, -0.25) is 9.59 Å². The highest BCUT2D eigenvalue weighted by molar-refractivity contribution is 8.00. The van der Waals surface area contributed by atoms with Gasteiger partial charge in [0.1, 0.15) is 0 Å². The average molecular weight is 383 g/mol. The average Bonchev–Trinajstić information content (AvgIpc) is 2.63. The number of hydrogen-bond donors (Lipinski definition) is 1. The molecule has 0 saturated heterocycles. The Morgan fingerprint density at radius 3 is 2.52 bits per heavy atom. The predicted octanol–water partition coefficient (Wildman–Crippen LogP) is 4.08. The zero-order valence-corrected chi connectivity index (χ0v) is 16.5. The van der Waals surface area contributed by atoms with Crippen molar-refractivity contribution in [2.24, 2.45) is 0 Å². The maximum absolute atomic E-state index is 12.4. The summed E-state index contributed by atoms with van der Waals surface area (Å²) in [6.07, 6.45) is 0. The van der Waals surface area contributed by atoms with Crippen molar-refractivity contribution >= 4 is 35.1 Å². The van der Waals surface area contributed by atoms with Crippen molar-refractivity contribution in [2.45, 2.75) is 37.8 Å². The molecule has 0 bridgehead atoms. The summed E-state index contributed by atoms with van der Waals surface area (Å²) in [5.74, 6) is -0.927. The second-order valence-electron chi connectivity index (χ2n) is 6.71. The lowest BCUT2D eigenvalue weighted by molar-refractivity contribution is -0.115. The number of amides is 1. The van der Waals surface area contributed by atoms with E-state index in [9.17, 15) is 14.4 Å². The van der Waals surface area contributed by atoms with Crippen molar-refractivity contribution in [3.05, 3.63) is 58.1 Å². The van der Waals surface area contributed by atoms with E-state index in [0.29, 0.717) is 16.8 Å². The number of nitrogens with one attached hydrogen (secondary N) is 1. The van der Waals surface area contributed by atoms with Gasteiger partial charge in [-0.1, -0.05) is 6.07 Å². The Bertz CT molecular complexity index is 951. The molecule has 1 aliphatic rings. The molecule has 140 valence electrons. The number of benzene rings is 2.